The molecule has 156 valence electrons. The number of imide groups is 1. The van der Waals surface area contributed by atoms with Gasteiger partial charge in [0.1, 0.15) is 6.04 Å². The molecule has 7 nitrogen and oxygen atoms in total. The number of nitrogens with one attached hydrogen (secondary N) is 1. The first-order valence-corrected chi connectivity index (χ1v) is 10.2. The molecule has 3 amide bonds. The van der Waals surface area contributed by atoms with Crippen molar-refractivity contribution in [2.24, 2.45) is 11.8 Å². The molecule has 1 N–H and O–H groups in total. The van der Waals surface area contributed by atoms with E-state index < -0.39 is 24.5 Å². The van der Waals surface area contributed by atoms with Crippen LogP contribution >= 0.6 is 0 Å². The lowest BCUT2D eigenvalue weighted by Gasteiger charge is -2.21. The van der Waals surface area contributed by atoms with E-state index in [-0.39, 0.29) is 29.6 Å². The summed E-state index contributed by atoms with van der Waals surface area (Å²) in [6.45, 7) is 5.04. The fraction of sp³-hybridized carbons (Fsp3) is 0.545. The van der Waals surface area contributed by atoms with Crippen LogP contribution in [0.1, 0.15) is 57.9 Å². The minimum absolute atomic E-state index is 0.227. The molecule has 3 rings (SSSR count). The van der Waals surface area contributed by atoms with E-state index in [4.69, 9.17) is 4.74 Å². The molecule has 1 heterocycles. The van der Waals surface area contributed by atoms with E-state index in [1.54, 1.807) is 6.07 Å². The van der Waals surface area contributed by atoms with Crippen molar-refractivity contribution in [3.05, 3.63) is 29.8 Å². The van der Waals surface area contributed by atoms with Gasteiger partial charge in [0.2, 0.25) is 11.8 Å². The second-order valence-corrected chi connectivity index (χ2v) is 8.12. The topological polar surface area (TPSA) is 92.8 Å². The minimum atomic E-state index is -1.03. The predicted octanol–water partition coefficient (Wildman–Crippen LogP) is 2.86. The van der Waals surface area contributed by atoms with Gasteiger partial charge in [-0.2, -0.15) is 0 Å². The minimum Gasteiger partial charge on any atom is -0.454 e. The zero-order valence-corrected chi connectivity index (χ0v) is 17.1. The third-order valence-electron chi connectivity index (χ3n) is 5.81. The van der Waals surface area contributed by atoms with E-state index in [0.717, 1.165) is 23.3 Å². The van der Waals surface area contributed by atoms with Gasteiger partial charge in [-0.1, -0.05) is 44.9 Å². The van der Waals surface area contributed by atoms with E-state index in [1.807, 2.05) is 32.0 Å². The Balaban J connectivity index is 1.57. The number of esters is 1. The van der Waals surface area contributed by atoms with Crippen LogP contribution < -0.4 is 5.32 Å². The molecule has 1 aromatic carbocycles. The molecule has 2 aliphatic rings. The van der Waals surface area contributed by atoms with Crippen molar-refractivity contribution in [2.75, 3.05) is 11.9 Å². The van der Waals surface area contributed by atoms with Crippen LogP contribution in [0, 0.1) is 11.8 Å². The van der Waals surface area contributed by atoms with Crippen LogP contribution in [0.15, 0.2) is 24.3 Å². The molecule has 1 saturated heterocycles. The number of fused-ring (bicyclic) bond motifs is 1. The number of likely N-dealkylation sites (tertiary alicyclic amines) is 1. The highest BCUT2D eigenvalue weighted by Gasteiger charge is 2.51. The van der Waals surface area contributed by atoms with E-state index in [9.17, 15) is 19.2 Å². The second-order valence-electron chi connectivity index (χ2n) is 8.12. The maximum absolute atomic E-state index is 12.6. The number of para-hydroxylation sites is 1. The molecule has 1 aromatic rings. The van der Waals surface area contributed by atoms with Gasteiger partial charge in [0.05, 0.1) is 11.8 Å². The van der Waals surface area contributed by atoms with Crippen LogP contribution in [-0.2, 0) is 23.9 Å². The van der Waals surface area contributed by atoms with Crippen LogP contribution in [0.4, 0.5) is 5.69 Å². The van der Waals surface area contributed by atoms with Gasteiger partial charge in [-0.05, 0) is 37.3 Å². The smallest absolute Gasteiger partial charge is 0.329 e. The number of carbonyl (C=O) groups excluding carboxylic acids is 4. The number of rotatable bonds is 6. The lowest BCUT2D eigenvalue weighted by Crippen LogP contribution is -2.45. The summed E-state index contributed by atoms with van der Waals surface area (Å²) in [7, 11) is 0. The number of hydrogen-bond donors (Lipinski definition) is 1. The zero-order valence-electron chi connectivity index (χ0n) is 17.1. The Labute approximate surface area is 170 Å². The predicted molar refractivity (Wildman–Crippen MR) is 107 cm³/mol. The van der Waals surface area contributed by atoms with Crippen LogP contribution in [0.3, 0.4) is 0 Å². The third kappa shape index (κ3) is 4.33. The Morgan fingerprint density at radius 3 is 2.24 bits per heavy atom. The number of benzene rings is 1. The van der Waals surface area contributed by atoms with Gasteiger partial charge in [0.25, 0.3) is 5.91 Å². The van der Waals surface area contributed by atoms with Gasteiger partial charge in [0, 0.05) is 5.69 Å². The van der Waals surface area contributed by atoms with Gasteiger partial charge >= 0.3 is 5.97 Å². The first-order chi connectivity index (χ1) is 13.8. The Morgan fingerprint density at radius 1 is 1.07 bits per heavy atom. The second kappa shape index (κ2) is 8.76. The summed E-state index contributed by atoms with van der Waals surface area (Å²) in [4.78, 5) is 50.9. The zero-order chi connectivity index (χ0) is 21.1. The van der Waals surface area contributed by atoms with Crippen molar-refractivity contribution in [3.8, 4) is 0 Å². The van der Waals surface area contributed by atoms with Gasteiger partial charge in [-0.3, -0.25) is 19.3 Å². The molecule has 0 aromatic heterocycles. The maximum atomic E-state index is 12.6. The van der Waals surface area contributed by atoms with Gasteiger partial charge in [0.15, 0.2) is 6.61 Å². The Kier molecular flexibility index (Phi) is 6.35. The van der Waals surface area contributed by atoms with Crippen molar-refractivity contribution in [1.29, 1.82) is 0 Å². The molecule has 1 aliphatic heterocycles. The molecule has 0 bridgehead atoms. The van der Waals surface area contributed by atoms with E-state index in [0.29, 0.717) is 18.5 Å². The number of amides is 3. The molecular weight excluding hydrogens is 372 g/mol. The summed E-state index contributed by atoms with van der Waals surface area (Å²) in [6.07, 6.45) is 3.21. The number of hydrogen-bond acceptors (Lipinski definition) is 5. The molecule has 7 heteroatoms. The molecule has 0 unspecified atom stereocenters. The monoisotopic (exact) mass is 400 g/mol. The van der Waals surface area contributed by atoms with Crippen molar-refractivity contribution < 1.29 is 23.9 Å². The molecule has 2 fully saturated rings. The lowest BCUT2D eigenvalue weighted by molar-refractivity contribution is -0.159. The SMILES string of the molecule is CC(C)c1ccccc1NC(=O)COC(=O)[C@H](C)N1C(=O)[C@@H]2CCCC[C@H]2C1=O. The first kappa shape index (κ1) is 21.0. The maximum Gasteiger partial charge on any atom is 0.329 e. The number of nitrogens with zero attached hydrogens (tertiary/aromatic N) is 1. The van der Waals surface area contributed by atoms with Crippen LogP contribution in [0.5, 0.6) is 0 Å². The molecule has 29 heavy (non-hydrogen) atoms. The number of anilines is 1. The largest absolute Gasteiger partial charge is 0.454 e. The summed E-state index contributed by atoms with van der Waals surface area (Å²) in [5, 5.41) is 2.75. The van der Waals surface area contributed by atoms with E-state index >= 15 is 0 Å². The average Bonchev–Trinajstić information content (AvgIpc) is 2.96. The summed E-state index contributed by atoms with van der Waals surface area (Å²) in [6, 6.07) is 6.41. The average molecular weight is 400 g/mol. The van der Waals surface area contributed by atoms with E-state index in [1.165, 1.54) is 6.92 Å². The molecular formula is C22H28N2O5. The first-order valence-electron chi connectivity index (χ1n) is 10.2. The quantitative estimate of drug-likeness (QED) is 0.585. The Hall–Kier alpha value is -2.70. The molecule has 0 spiro atoms. The van der Waals surface area contributed by atoms with Gasteiger partial charge in [-0.15, -0.1) is 0 Å². The molecule has 1 saturated carbocycles. The highest BCUT2D eigenvalue weighted by molar-refractivity contribution is 6.08. The molecule has 0 radical (unpaired) electrons. The van der Waals surface area contributed by atoms with Crippen molar-refractivity contribution in [1.82, 2.24) is 4.90 Å². The number of ether oxygens (including phenoxy) is 1. The Bertz CT molecular complexity index is 795. The van der Waals surface area contributed by atoms with Crippen molar-refractivity contribution in [3.63, 3.8) is 0 Å². The van der Waals surface area contributed by atoms with Crippen molar-refractivity contribution in [2.45, 2.75) is 58.4 Å². The standard InChI is InChI=1S/C22H28N2O5/c1-13(2)15-8-6-7-11-18(15)23-19(25)12-29-22(28)14(3)24-20(26)16-9-4-5-10-17(16)21(24)27/h6-8,11,13-14,16-17H,4-5,9-10,12H2,1-3H3,(H,23,25)/t14-,16+,17+/m0/s1. The lowest BCUT2D eigenvalue weighted by atomic mass is 9.81. The fourth-order valence-corrected chi connectivity index (χ4v) is 4.23. The van der Waals surface area contributed by atoms with E-state index in [2.05, 4.69) is 5.32 Å². The summed E-state index contributed by atoms with van der Waals surface area (Å²) >= 11 is 0. The van der Waals surface area contributed by atoms with Gasteiger partial charge in [-0.25, -0.2) is 4.79 Å². The normalized spacial score (nSPS) is 22.4. The number of carbonyl (C=O) groups is 4. The highest BCUT2D eigenvalue weighted by atomic mass is 16.5. The molecule has 3 atom stereocenters. The summed E-state index contributed by atoms with van der Waals surface area (Å²) in [5.41, 5.74) is 1.65. The molecule has 1 aliphatic carbocycles. The van der Waals surface area contributed by atoms with Crippen LogP contribution in [-0.4, -0.2) is 41.2 Å². The van der Waals surface area contributed by atoms with Crippen LogP contribution in [0.2, 0.25) is 0 Å². The van der Waals surface area contributed by atoms with Gasteiger partial charge < -0.3 is 10.1 Å². The fourth-order valence-electron chi connectivity index (χ4n) is 4.23. The third-order valence-corrected chi connectivity index (χ3v) is 5.81. The summed E-state index contributed by atoms with van der Waals surface area (Å²) < 4.78 is 5.10. The Morgan fingerprint density at radius 2 is 1.66 bits per heavy atom. The van der Waals surface area contributed by atoms with Crippen LogP contribution in [0.25, 0.3) is 0 Å². The summed E-state index contributed by atoms with van der Waals surface area (Å²) in [5.74, 6) is -2.21. The highest BCUT2D eigenvalue weighted by Crippen LogP contribution is 2.38. The van der Waals surface area contributed by atoms with Crippen molar-refractivity contribution >= 4 is 29.4 Å².